The normalized spacial score (nSPS) is 23.7. The van der Waals surface area contributed by atoms with Crippen LogP contribution in [0.15, 0.2) is 78.9 Å². The molecule has 30 nitrogen and oxygen atoms in total. The molecule has 6 N–H and O–H groups in total. The summed E-state index contributed by atoms with van der Waals surface area (Å²) in [4.78, 5) is 132. The zero-order chi connectivity index (χ0) is 83.4. The third kappa shape index (κ3) is 30.0. The highest BCUT2D eigenvalue weighted by molar-refractivity contribution is 5.81. The van der Waals surface area contributed by atoms with E-state index in [1.807, 2.05) is 96.1 Å². The van der Waals surface area contributed by atoms with Gasteiger partial charge in [-0.25, -0.2) is 0 Å². The van der Waals surface area contributed by atoms with Gasteiger partial charge < -0.3 is 98.3 Å². The number of aliphatic hydroxyl groups excluding tert-OH is 1. The molecule has 3 fully saturated rings. The highest BCUT2D eigenvalue weighted by atomic mass is 16.7. The first kappa shape index (κ1) is 94.5. The van der Waals surface area contributed by atoms with Crippen molar-refractivity contribution in [1.82, 2.24) is 36.4 Å². The predicted molar refractivity (Wildman–Crippen MR) is 420 cm³/mol. The molecule has 3 saturated heterocycles. The summed E-state index contributed by atoms with van der Waals surface area (Å²) < 4.78 is 71.3. The smallest absolute Gasteiger partial charge is 0.302 e. The van der Waals surface area contributed by atoms with E-state index in [2.05, 4.69) is 26.6 Å². The highest BCUT2D eigenvalue weighted by Gasteiger charge is 2.47. The van der Waals surface area contributed by atoms with E-state index in [0.29, 0.717) is 73.1 Å². The Hall–Kier alpha value is -8.36. The molecule has 0 saturated carbocycles. The molecule has 3 aliphatic rings. The average molecular weight is 1600 g/mol. The van der Waals surface area contributed by atoms with Gasteiger partial charge in [0.05, 0.1) is 57.3 Å². The van der Waals surface area contributed by atoms with Crippen LogP contribution in [0.5, 0.6) is 11.5 Å². The third-order valence-electron chi connectivity index (χ3n) is 21.7. The summed E-state index contributed by atoms with van der Waals surface area (Å²) in [6.07, 6.45) is -1.58. The molecule has 6 rings (SSSR count). The van der Waals surface area contributed by atoms with Crippen LogP contribution >= 0.6 is 0 Å². The Morgan fingerprint density at radius 3 is 1.13 bits per heavy atom. The molecule has 0 bridgehead atoms. The lowest BCUT2D eigenvalue weighted by Crippen LogP contribution is -2.58. The first-order valence-corrected chi connectivity index (χ1v) is 40.3. The second-order valence-electron chi connectivity index (χ2n) is 30.2. The minimum absolute atomic E-state index is 0.00981. The fourth-order valence-electron chi connectivity index (χ4n) is 14.6. The molecule has 3 aromatic rings. The summed E-state index contributed by atoms with van der Waals surface area (Å²) in [6.45, 7) is 21.2. The van der Waals surface area contributed by atoms with E-state index in [-0.39, 0.29) is 182 Å². The molecule has 0 radical (unpaired) electrons. The second-order valence-corrected chi connectivity index (χ2v) is 30.2. The van der Waals surface area contributed by atoms with E-state index < -0.39 is 97.4 Å². The van der Waals surface area contributed by atoms with Crippen molar-refractivity contribution in [2.75, 3.05) is 99.7 Å². The van der Waals surface area contributed by atoms with Gasteiger partial charge in [0, 0.05) is 120 Å². The second kappa shape index (κ2) is 48.9. The van der Waals surface area contributed by atoms with Crippen molar-refractivity contribution in [3.8, 4) is 11.5 Å². The van der Waals surface area contributed by atoms with Gasteiger partial charge in [0.25, 0.3) is 5.91 Å². The lowest BCUT2D eigenvalue weighted by atomic mass is 9.80. The van der Waals surface area contributed by atoms with Crippen LogP contribution in [-0.4, -0.2) is 235 Å². The van der Waals surface area contributed by atoms with Crippen molar-refractivity contribution in [3.63, 3.8) is 0 Å². The standard InChI is InChI=1S/C84H127N7O23/c1-53-56(4)77(87-59(7)92)81(112-71(53)50-108-62(10)95)105-46-21-18-29-74(99)85-40-24-42-90(76(101)31-20-23-48-107-83-79(89-61(9)94)58(6)55(3)73(114-83)52-110-64(12)97)44-26-45-91(43-25-41-86-75(100)30-19-22-47-106-82-78(88-60(8)93)57(5)54(2)72(113-82)51-109-63(11)96)80(102)70(98)49-111-84(65-27-16-15-17-28-65,66-32-36-68(103-13)37-33-66)67-34-38-69(104-14)39-35-67/h15-17,27-28,32-39,53-58,70-73,77-79,81-83,98H,18-26,29-31,40-52H2,1-14H3,(H,85,99)(H,86,100)(H,87,92)(H,88,93)(H,89,94). The number of nitrogens with zero attached hydrogens (tertiary/aromatic N) is 2. The molecule has 0 spiro atoms. The predicted octanol–water partition coefficient (Wildman–Crippen LogP) is 7.19. The number of hydrogen-bond acceptors (Lipinski definition) is 23. The minimum Gasteiger partial charge on any atom is -0.497 e. The Morgan fingerprint density at radius 2 is 0.772 bits per heavy atom. The molecule has 636 valence electrons. The molecule has 30 heteroatoms. The van der Waals surface area contributed by atoms with E-state index >= 15 is 4.79 Å². The van der Waals surface area contributed by atoms with Gasteiger partial charge in [-0.05, 0) is 134 Å². The minimum atomic E-state index is -1.72. The molecule has 0 aliphatic carbocycles. The van der Waals surface area contributed by atoms with Crippen LogP contribution in [-0.2, 0) is 101 Å². The SMILES string of the molecule is COc1ccc(C(OCC(O)C(=O)N(CCCNC(=O)CCCCOC2OC(COC(C)=O)C(C)C(C)C2NC(C)=O)CCCN(CCCNC(=O)CCCCOC2OC(COC(C)=O)C(C)C(C)C2NC(C)=O)C(=O)CCCCOC2OC(COC(C)=O)C(C)C(C)C2NC(C)=O)(c2ccccc2)c2ccc(OC)cc2)cc1. The number of methoxy groups -OCH3 is 2. The molecule has 16 unspecified atom stereocenters. The van der Waals surface area contributed by atoms with Gasteiger partial charge in [-0.15, -0.1) is 0 Å². The number of esters is 3. The van der Waals surface area contributed by atoms with Gasteiger partial charge in [-0.3, -0.25) is 47.9 Å². The summed E-state index contributed by atoms with van der Waals surface area (Å²) in [5.41, 5.74) is 0.671. The summed E-state index contributed by atoms with van der Waals surface area (Å²) in [7, 11) is 3.14. The Kier molecular flexibility index (Phi) is 40.5. The van der Waals surface area contributed by atoms with Gasteiger partial charge in [0.2, 0.25) is 35.4 Å². The summed E-state index contributed by atoms with van der Waals surface area (Å²) in [5, 5.41) is 27.1. The first-order valence-electron chi connectivity index (χ1n) is 40.3. The van der Waals surface area contributed by atoms with Crippen molar-refractivity contribution in [2.24, 2.45) is 35.5 Å². The topological polar surface area (TPSA) is 368 Å². The van der Waals surface area contributed by atoms with Crippen molar-refractivity contribution in [1.29, 1.82) is 0 Å². The van der Waals surface area contributed by atoms with Gasteiger partial charge in [0.15, 0.2) is 25.0 Å². The van der Waals surface area contributed by atoms with Gasteiger partial charge in [-0.2, -0.15) is 0 Å². The number of carbonyl (C=O) groups is 10. The zero-order valence-electron chi connectivity index (χ0n) is 69.2. The molecule has 114 heavy (non-hydrogen) atoms. The highest BCUT2D eigenvalue weighted by Crippen LogP contribution is 2.43. The van der Waals surface area contributed by atoms with Crippen LogP contribution in [0.25, 0.3) is 0 Å². The largest absolute Gasteiger partial charge is 0.497 e. The van der Waals surface area contributed by atoms with Gasteiger partial charge in [-0.1, -0.05) is 96.1 Å². The quantitative estimate of drug-likeness (QED) is 0.0141. The number of ether oxygens (including phenoxy) is 12. The third-order valence-corrected chi connectivity index (χ3v) is 21.7. The van der Waals surface area contributed by atoms with Crippen LogP contribution in [0.1, 0.15) is 177 Å². The number of rotatable bonds is 48. The molecule has 16 atom stereocenters. The molecule has 3 aliphatic heterocycles. The fraction of sp³-hybridized carbons (Fsp3) is 0.667. The van der Waals surface area contributed by atoms with Crippen LogP contribution in [0, 0.1) is 35.5 Å². The zero-order valence-corrected chi connectivity index (χ0v) is 69.2. The maximum Gasteiger partial charge on any atom is 0.302 e. The van der Waals surface area contributed by atoms with Crippen molar-refractivity contribution < 1.29 is 110 Å². The lowest BCUT2D eigenvalue weighted by molar-refractivity contribution is -0.244. The monoisotopic (exact) mass is 1600 g/mol. The van der Waals surface area contributed by atoms with E-state index in [1.54, 1.807) is 43.4 Å². The van der Waals surface area contributed by atoms with Crippen LogP contribution < -0.4 is 36.1 Å². The van der Waals surface area contributed by atoms with Crippen LogP contribution in [0.2, 0.25) is 0 Å². The number of hydrogen-bond donors (Lipinski definition) is 6. The number of unbranched alkanes of at least 4 members (excludes halogenated alkanes) is 3. The average Bonchev–Trinajstić information content (AvgIpc) is 0.750. The number of benzene rings is 3. The van der Waals surface area contributed by atoms with Crippen molar-refractivity contribution >= 4 is 59.3 Å². The van der Waals surface area contributed by atoms with E-state index in [9.17, 15) is 48.3 Å². The lowest BCUT2D eigenvalue weighted by Gasteiger charge is -2.44. The maximum absolute atomic E-state index is 15.1. The Balaban J connectivity index is 1.16. The number of amides is 7. The fourth-order valence-corrected chi connectivity index (χ4v) is 14.6. The van der Waals surface area contributed by atoms with Crippen molar-refractivity contribution in [3.05, 3.63) is 95.6 Å². The van der Waals surface area contributed by atoms with Crippen LogP contribution in [0.4, 0.5) is 0 Å². The van der Waals surface area contributed by atoms with E-state index in [4.69, 9.17) is 56.8 Å². The summed E-state index contributed by atoms with van der Waals surface area (Å²) in [5.74, 6) is -2.67. The summed E-state index contributed by atoms with van der Waals surface area (Å²) in [6, 6.07) is 22.7. The molecule has 7 amide bonds. The Morgan fingerprint density at radius 1 is 0.430 bits per heavy atom. The molecular formula is C84H127N7O23. The summed E-state index contributed by atoms with van der Waals surface area (Å²) >= 11 is 0. The molecular weight excluding hydrogens is 1470 g/mol. The van der Waals surface area contributed by atoms with E-state index in [0.717, 1.165) is 0 Å². The first-order chi connectivity index (χ1) is 54.5. The Labute approximate surface area is 672 Å². The van der Waals surface area contributed by atoms with Crippen LogP contribution in [0.3, 0.4) is 0 Å². The molecule has 3 heterocycles. The van der Waals surface area contributed by atoms with Gasteiger partial charge in [0.1, 0.15) is 36.9 Å². The Bertz CT molecular complexity index is 3430. The molecule has 0 aromatic heterocycles. The number of aliphatic hydroxyl groups is 1. The van der Waals surface area contributed by atoms with Gasteiger partial charge >= 0.3 is 17.9 Å². The maximum atomic E-state index is 15.1. The molecule has 3 aromatic carbocycles. The van der Waals surface area contributed by atoms with Crippen molar-refractivity contribution in [2.45, 2.75) is 227 Å². The number of carbonyl (C=O) groups excluding carboxylic acids is 10. The number of nitrogens with one attached hydrogen (secondary N) is 5. The van der Waals surface area contributed by atoms with E-state index in [1.165, 1.54) is 46.4 Å².